The van der Waals surface area contributed by atoms with E-state index in [1.54, 1.807) is 12.1 Å². The Hall–Kier alpha value is -2.08. The molecule has 0 aliphatic heterocycles. The number of amides is 2. The topological polar surface area (TPSA) is 71.3 Å². The lowest BCUT2D eigenvalue weighted by atomic mass is 10.0. The van der Waals surface area contributed by atoms with E-state index >= 15 is 0 Å². The first-order valence-corrected chi connectivity index (χ1v) is 8.58. The van der Waals surface area contributed by atoms with Crippen molar-refractivity contribution in [3.63, 3.8) is 0 Å². The molecule has 2 rings (SSSR count). The maximum Gasteiger partial charge on any atom is 0.287 e. The quantitative estimate of drug-likeness (QED) is 0.787. The molecule has 0 fully saturated rings. The number of carbonyl (C=O) groups is 2. The summed E-state index contributed by atoms with van der Waals surface area (Å²) in [6, 6.07) is 10.1. The minimum absolute atomic E-state index is 0.0546. The summed E-state index contributed by atoms with van der Waals surface area (Å²) in [5.41, 5.74) is 0.992. The maximum absolute atomic E-state index is 12.6. The largest absolute Gasteiger partial charge is 0.459 e. The Labute approximate surface area is 149 Å². The van der Waals surface area contributed by atoms with E-state index in [1.807, 2.05) is 45.0 Å². The average Bonchev–Trinajstić information content (AvgIpc) is 3.07. The van der Waals surface area contributed by atoms with Gasteiger partial charge in [-0.1, -0.05) is 41.9 Å². The molecule has 24 heavy (non-hydrogen) atoms. The van der Waals surface area contributed by atoms with Crippen LogP contribution < -0.4 is 10.6 Å². The van der Waals surface area contributed by atoms with Crippen molar-refractivity contribution in [3.05, 3.63) is 58.5 Å². The van der Waals surface area contributed by atoms with Gasteiger partial charge in [-0.05, 0) is 42.7 Å². The van der Waals surface area contributed by atoms with Gasteiger partial charge >= 0.3 is 0 Å². The lowest BCUT2D eigenvalue weighted by Gasteiger charge is -2.24. The van der Waals surface area contributed by atoms with Crippen molar-refractivity contribution >= 4 is 27.7 Å². The van der Waals surface area contributed by atoms with Crippen molar-refractivity contribution in [2.24, 2.45) is 5.92 Å². The number of benzene rings is 1. The molecule has 1 aromatic carbocycles. The molecule has 0 aliphatic carbocycles. The van der Waals surface area contributed by atoms with Crippen molar-refractivity contribution < 1.29 is 14.0 Å². The Morgan fingerprint density at radius 3 is 2.25 bits per heavy atom. The SMILES string of the molecule is CC(NC(=O)[C@@H](NC(=O)c1ccco1)C(C)C)c1ccc(Br)cc1. The molecule has 0 spiro atoms. The van der Waals surface area contributed by atoms with Crippen LogP contribution >= 0.6 is 15.9 Å². The first-order chi connectivity index (χ1) is 11.4. The van der Waals surface area contributed by atoms with E-state index in [0.29, 0.717) is 0 Å². The summed E-state index contributed by atoms with van der Waals surface area (Å²) in [5.74, 6) is -0.485. The fourth-order valence-electron chi connectivity index (χ4n) is 2.29. The predicted octanol–water partition coefficient (Wildman–Crippen LogP) is 3.67. The van der Waals surface area contributed by atoms with Crippen LogP contribution in [0.2, 0.25) is 0 Å². The second-order valence-corrected chi connectivity index (χ2v) is 6.87. The number of carbonyl (C=O) groups excluding carboxylic acids is 2. The van der Waals surface area contributed by atoms with Crippen molar-refractivity contribution in [1.29, 1.82) is 0 Å². The highest BCUT2D eigenvalue weighted by Crippen LogP contribution is 2.17. The van der Waals surface area contributed by atoms with Crippen LogP contribution in [-0.2, 0) is 4.79 Å². The van der Waals surface area contributed by atoms with Crippen molar-refractivity contribution in [2.75, 3.05) is 0 Å². The summed E-state index contributed by atoms with van der Waals surface area (Å²) in [4.78, 5) is 24.7. The molecule has 2 atom stereocenters. The molecule has 128 valence electrons. The minimum Gasteiger partial charge on any atom is -0.459 e. The van der Waals surface area contributed by atoms with Gasteiger partial charge in [0, 0.05) is 4.47 Å². The number of hydrogen-bond donors (Lipinski definition) is 2. The summed E-state index contributed by atoms with van der Waals surface area (Å²) in [7, 11) is 0. The van der Waals surface area contributed by atoms with Crippen LogP contribution in [0.15, 0.2) is 51.6 Å². The molecular weight excluding hydrogens is 372 g/mol. The van der Waals surface area contributed by atoms with Gasteiger partial charge in [-0.3, -0.25) is 9.59 Å². The standard InChI is InChI=1S/C18H21BrN2O3/c1-11(2)16(21-17(22)15-5-4-10-24-15)18(23)20-12(3)13-6-8-14(19)9-7-13/h4-12,16H,1-3H3,(H,20,23)(H,21,22)/t12?,16-/m0/s1. The Morgan fingerprint density at radius 2 is 1.71 bits per heavy atom. The molecule has 1 heterocycles. The smallest absolute Gasteiger partial charge is 0.287 e. The normalized spacial score (nSPS) is 13.4. The van der Waals surface area contributed by atoms with E-state index in [-0.39, 0.29) is 23.6 Å². The maximum atomic E-state index is 12.6. The molecule has 1 aromatic heterocycles. The average molecular weight is 393 g/mol. The van der Waals surface area contributed by atoms with E-state index in [4.69, 9.17) is 4.42 Å². The Balaban J connectivity index is 2.03. The fourth-order valence-corrected chi connectivity index (χ4v) is 2.56. The Morgan fingerprint density at radius 1 is 1.04 bits per heavy atom. The molecular formula is C18H21BrN2O3. The molecule has 0 bridgehead atoms. The zero-order chi connectivity index (χ0) is 17.7. The summed E-state index contributed by atoms with van der Waals surface area (Å²) >= 11 is 3.39. The number of hydrogen-bond acceptors (Lipinski definition) is 3. The second kappa shape index (κ2) is 8.15. The third kappa shape index (κ3) is 4.71. The fraction of sp³-hybridized carbons (Fsp3) is 0.333. The molecule has 5 nitrogen and oxygen atoms in total. The molecule has 1 unspecified atom stereocenters. The van der Waals surface area contributed by atoms with Gasteiger partial charge in [0.25, 0.3) is 5.91 Å². The van der Waals surface area contributed by atoms with Gasteiger partial charge < -0.3 is 15.1 Å². The molecule has 6 heteroatoms. The Bertz CT molecular complexity index is 681. The molecule has 0 aliphatic rings. The third-order valence-corrected chi connectivity index (χ3v) is 4.24. The molecule has 0 saturated heterocycles. The molecule has 0 saturated carbocycles. The summed E-state index contributed by atoms with van der Waals surface area (Å²) in [6.45, 7) is 5.68. The van der Waals surface area contributed by atoms with Gasteiger partial charge in [0.05, 0.1) is 12.3 Å². The monoisotopic (exact) mass is 392 g/mol. The van der Waals surface area contributed by atoms with Gasteiger partial charge in [-0.2, -0.15) is 0 Å². The van der Waals surface area contributed by atoms with Crippen molar-refractivity contribution in [3.8, 4) is 0 Å². The highest BCUT2D eigenvalue weighted by atomic mass is 79.9. The van der Waals surface area contributed by atoms with Gasteiger partial charge in [0.15, 0.2) is 5.76 Å². The minimum atomic E-state index is -0.638. The molecule has 0 radical (unpaired) electrons. The van der Waals surface area contributed by atoms with E-state index in [1.165, 1.54) is 6.26 Å². The van der Waals surface area contributed by atoms with E-state index in [9.17, 15) is 9.59 Å². The van der Waals surface area contributed by atoms with Crippen LogP contribution in [0.5, 0.6) is 0 Å². The third-order valence-electron chi connectivity index (χ3n) is 3.71. The number of furan rings is 1. The van der Waals surface area contributed by atoms with Crippen molar-refractivity contribution in [2.45, 2.75) is 32.9 Å². The first-order valence-electron chi connectivity index (χ1n) is 7.78. The highest BCUT2D eigenvalue weighted by molar-refractivity contribution is 9.10. The van der Waals surface area contributed by atoms with Crippen LogP contribution in [0.3, 0.4) is 0 Å². The molecule has 2 aromatic rings. The van der Waals surface area contributed by atoms with Crippen LogP contribution in [-0.4, -0.2) is 17.9 Å². The number of nitrogens with one attached hydrogen (secondary N) is 2. The van der Waals surface area contributed by atoms with Crippen molar-refractivity contribution in [1.82, 2.24) is 10.6 Å². The first kappa shape index (κ1) is 18.3. The number of rotatable bonds is 6. The van der Waals surface area contributed by atoms with Gasteiger partial charge in [-0.15, -0.1) is 0 Å². The summed E-state index contributed by atoms with van der Waals surface area (Å²) < 4.78 is 6.05. The zero-order valence-corrected chi connectivity index (χ0v) is 15.5. The lowest BCUT2D eigenvalue weighted by Crippen LogP contribution is -2.50. The lowest BCUT2D eigenvalue weighted by molar-refractivity contribution is -0.124. The number of halogens is 1. The second-order valence-electron chi connectivity index (χ2n) is 5.95. The highest BCUT2D eigenvalue weighted by Gasteiger charge is 2.26. The summed E-state index contributed by atoms with van der Waals surface area (Å²) in [6.07, 6.45) is 1.43. The summed E-state index contributed by atoms with van der Waals surface area (Å²) in [5, 5.41) is 5.68. The van der Waals surface area contributed by atoms with Crippen LogP contribution in [0.25, 0.3) is 0 Å². The van der Waals surface area contributed by atoms with Gasteiger partial charge in [-0.25, -0.2) is 0 Å². The van der Waals surface area contributed by atoms with Crippen LogP contribution in [0.1, 0.15) is 42.9 Å². The molecule has 2 amide bonds. The predicted molar refractivity (Wildman–Crippen MR) is 95.5 cm³/mol. The zero-order valence-electron chi connectivity index (χ0n) is 13.9. The van der Waals surface area contributed by atoms with Crippen LogP contribution in [0.4, 0.5) is 0 Å². The van der Waals surface area contributed by atoms with Gasteiger partial charge in [0.2, 0.25) is 5.91 Å². The molecule has 2 N–H and O–H groups in total. The van der Waals surface area contributed by atoms with E-state index < -0.39 is 11.9 Å². The Kier molecular flexibility index (Phi) is 6.20. The van der Waals surface area contributed by atoms with E-state index in [0.717, 1.165) is 10.0 Å². The van der Waals surface area contributed by atoms with E-state index in [2.05, 4.69) is 26.6 Å². The van der Waals surface area contributed by atoms with Crippen LogP contribution in [0, 0.1) is 5.92 Å². The van der Waals surface area contributed by atoms with Gasteiger partial charge in [0.1, 0.15) is 6.04 Å².